The zero-order chi connectivity index (χ0) is 11.7. The van der Waals surface area contributed by atoms with Gasteiger partial charge < -0.3 is 14.6 Å². The molecule has 1 fully saturated rings. The fraction of sp³-hybridized carbons (Fsp3) is 0.462. The molecule has 0 saturated carbocycles. The molecule has 0 spiro atoms. The number of para-hydroxylation sites is 2. The Kier molecular flexibility index (Phi) is 2.73. The van der Waals surface area contributed by atoms with E-state index in [0.29, 0.717) is 6.04 Å². The van der Waals surface area contributed by atoms with Crippen LogP contribution >= 0.6 is 0 Å². The SMILES string of the molecule is CCCN(c1nc2ccccc2o1)C1CNC1. The minimum atomic E-state index is 0.531. The molecule has 90 valence electrons. The molecule has 2 heterocycles. The summed E-state index contributed by atoms with van der Waals surface area (Å²) in [4.78, 5) is 6.84. The van der Waals surface area contributed by atoms with Crippen LogP contribution in [0.2, 0.25) is 0 Å². The van der Waals surface area contributed by atoms with Crippen molar-refractivity contribution in [1.82, 2.24) is 10.3 Å². The van der Waals surface area contributed by atoms with Gasteiger partial charge in [0.2, 0.25) is 0 Å². The zero-order valence-corrected chi connectivity index (χ0v) is 10.0. The van der Waals surface area contributed by atoms with Gasteiger partial charge in [0.1, 0.15) is 5.52 Å². The van der Waals surface area contributed by atoms with E-state index in [0.717, 1.165) is 43.2 Å². The number of hydrogen-bond acceptors (Lipinski definition) is 4. The summed E-state index contributed by atoms with van der Waals surface area (Å²) in [5, 5.41) is 3.29. The highest BCUT2D eigenvalue weighted by atomic mass is 16.4. The lowest BCUT2D eigenvalue weighted by Crippen LogP contribution is -2.57. The van der Waals surface area contributed by atoms with Crippen LogP contribution in [0, 0.1) is 0 Å². The van der Waals surface area contributed by atoms with Crippen molar-refractivity contribution in [2.45, 2.75) is 19.4 Å². The molecule has 1 aliphatic rings. The normalized spacial score (nSPS) is 16.1. The molecule has 4 heteroatoms. The molecule has 1 aromatic heterocycles. The first-order valence-electron chi connectivity index (χ1n) is 6.21. The molecule has 0 atom stereocenters. The third-order valence-corrected chi connectivity index (χ3v) is 3.19. The summed E-state index contributed by atoms with van der Waals surface area (Å²) in [6, 6.07) is 9.22. The van der Waals surface area contributed by atoms with E-state index in [1.165, 1.54) is 0 Å². The lowest BCUT2D eigenvalue weighted by molar-refractivity contribution is 0.390. The Morgan fingerprint density at radius 1 is 1.41 bits per heavy atom. The first kappa shape index (κ1) is 10.6. The Morgan fingerprint density at radius 2 is 2.24 bits per heavy atom. The molecule has 0 bridgehead atoms. The number of anilines is 1. The molecule has 0 radical (unpaired) electrons. The van der Waals surface area contributed by atoms with E-state index < -0.39 is 0 Å². The topological polar surface area (TPSA) is 41.3 Å². The highest BCUT2D eigenvalue weighted by molar-refractivity contribution is 5.74. The number of aromatic nitrogens is 1. The largest absolute Gasteiger partial charge is 0.423 e. The van der Waals surface area contributed by atoms with Gasteiger partial charge in [-0.15, -0.1) is 0 Å². The van der Waals surface area contributed by atoms with E-state index in [1.807, 2.05) is 24.3 Å². The summed E-state index contributed by atoms with van der Waals surface area (Å²) in [5.41, 5.74) is 1.81. The van der Waals surface area contributed by atoms with Crippen molar-refractivity contribution in [3.05, 3.63) is 24.3 Å². The van der Waals surface area contributed by atoms with E-state index in [9.17, 15) is 0 Å². The van der Waals surface area contributed by atoms with Crippen LogP contribution in [0.15, 0.2) is 28.7 Å². The quantitative estimate of drug-likeness (QED) is 0.874. The van der Waals surface area contributed by atoms with E-state index >= 15 is 0 Å². The highest BCUT2D eigenvalue weighted by Crippen LogP contribution is 2.24. The van der Waals surface area contributed by atoms with E-state index in [1.54, 1.807) is 0 Å². The van der Waals surface area contributed by atoms with Crippen molar-refractivity contribution in [3.63, 3.8) is 0 Å². The fourth-order valence-corrected chi connectivity index (χ4v) is 2.15. The van der Waals surface area contributed by atoms with Gasteiger partial charge in [-0.25, -0.2) is 0 Å². The molecule has 0 unspecified atom stereocenters. The molecule has 3 rings (SSSR count). The molecule has 1 aromatic carbocycles. The molecule has 2 aromatic rings. The molecular weight excluding hydrogens is 214 g/mol. The van der Waals surface area contributed by atoms with Crippen LogP contribution in [0.3, 0.4) is 0 Å². The predicted octanol–water partition coefficient (Wildman–Crippen LogP) is 2.02. The number of nitrogens with one attached hydrogen (secondary N) is 1. The van der Waals surface area contributed by atoms with Crippen molar-refractivity contribution >= 4 is 17.1 Å². The van der Waals surface area contributed by atoms with Crippen LogP contribution in [0.1, 0.15) is 13.3 Å². The van der Waals surface area contributed by atoms with E-state index in [2.05, 4.69) is 22.1 Å². The van der Waals surface area contributed by atoms with Crippen LogP contribution in [-0.4, -0.2) is 30.7 Å². The fourth-order valence-electron chi connectivity index (χ4n) is 2.15. The first-order valence-corrected chi connectivity index (χ1v) is 6.21. The lowest BCUT2D eigenvalue weighted by Gasteiger charge is -2.37. The average Bonchev–Trinajstić information content (AvgIpc) is 2.69. The number of oxazole rings is 1. The third kappa shape index (κ3) is 1.89. The summed E-state index contributed by atoms with van der Waals surface area (Å²) >= 11 is 0. The second kappa shape index (κ2) is 4.37. The minimum absolute atomic E-state index is 0.531. The monoisotopic (exact) mass is 231 g/mol. The summed E-state index contributed by atoms with van der Waals surface area (Å²) in [6.45, 7) is 5.23. The van der Waals surface area contributed by atoms with Crippen LogP contribution in [0.4, 0.5) is 6.01 Å². The molecule has 1 aliphatic heterocycles. The van der Waals surface area contributed by atoms with Crippen LogP contribution in [0.5, 0.6) is 0 Å². The minimum Gasteiger partial charge on any atom is -0.423 e. The average molecular weight is 231 g/mol. The maximum atomic E-state index is 5.83. The van der Waals surface area contributed by atoms with Crippen molar-refractivity contribution in [3.8, 4) is 0 Å². The Hall–Kier alpha value is -1.55. The van der Waals surface area contributed by atoms with E-state index in [-0.39, 0.29) is 0 Å². The first-order chi connectivity index (χ1) is 8.38. The Bertz CT molecular complexity index is 471. The van der Waals surface area contributed by atoms with E-state index in [4.69, 9.17) is 4.42 Å². The smallest absolute Gasteiger partial charge is 0.298 e. The molecule has 1 N–H and O–H groups in total. The van der Waals surface area contributed by atoms with Gasteiger partial charge in [0.15, 0.2) is 5.58 Å². The maximum Gasteiger partial charge on any atom is 0.298 e. The number of hydrogen-bond donors (Lipinski definition) is 1. The van der Waals surface area contributed by atoms with Crippen molar-refractivity contribution in [2.75, 3.05) is 24.5 Å². The highest BCUT2D eigenvalue weighted by Gasteiger charge is 2.27. The van der Waals surface area contributed by atoms with Gasteiger partial charge in [-0.3, -0.25) is 0 Å². The summed E-state index contributed by atoms with van der Waals surface area (Å²) in [6.07, 6.45) is 1.11. The van der Waals surface area contributed by atoms with Gasteiger partial charge >= 0.3 is 0 Å². The number of fused-ring (bicyclic) bond motifs is 1. The number of nitrogens with zero attached hydrogens (tertiary/aromatic N) is 2. The lowest BCUT2D eigenvalue weighted by atomic mass is 10.1. The van der Waals surface area contributed by atoms with Crippen molar-refractivity contribution < 1.29 is 4.42 Å². The van der Waals surface area contributed by atoms with Gasteiger partial charge in [-0.1, -0.05) is 19.1 Å². The van der Waals surface area contributed by atoms with Gasteiger partial charge in [0.25, 0.3) is 6.01 Å². The molecule has 4 nitrogen and oxygen atoms in total. The Balaban J connectivity index is 1.93. The Morgan fingerprint density at radius 3 is 2.88 bits per heavy atom. The molecule has 0 amide bonds. The standard InChI is InChI=1S/C13H17N3O/c1-2-7-16(10-8-14-9-10)13-15-11-5-3-4-6-12(11)17-13/h3-6,10,14H,2,7-9H2,1H3. The predicted molar refractivity (Wildman–Crippen MR) is 68.3 cm³/mol. The summed E-state index contributed by atoms with van der Waals surface area (Å²) in [7, 11) is 0. The number of benzene rings is 1. The van der Waals surface area contributed by atoms with Crippen molar-refractivity contribution in [1.29, 1.82) is 0 Å². The summed E-state index contributed by atoms with van der Waals surface area (Å²) < 4.78 is 5.83. The maximum absolute atomic E-state index is 5.83. The van der Waals surface area contributed by atoms with Crippen molar-refractivity contribution in [2.24, 2.45) is 0 Å². The second-order valence-electron chi connectivity index (χ2n) is 4.47. The second-order valence-corrected chi connectivity index (χ2v) is 4.47. The molecule has 1 saturated heterocycles. The molecular formula is C13H17N3O. The zero-order valence-electron chi connectivity index (χ0n) is 10.0. The van der Waals surface area contributed by atoms with Gasteiger partial charge in [0.05, 0.1) is 6.04 Å². The van der Waals surface area contributed by atoms with Crippen LogP contribution in [0.25, 0.3) is 11.1 Å². The third-order valence-electron chi connectivity index (χ3n) is 3.19. The van der Waals surface area contributed by atoms with Gasteiger partial charge in [0, 0.05) is 19.6 Å². The Labute approximate surface area is 101 Å². The van der Waals surface area contributed by atoms with Gasteiger partial charge in [-0.05, 0) is 18.6 Å². The van der Waals surface area contributed by atoms with Crippen LogP contribution < -0.4 is 10.2 Å². The molecule has 0 aliphatic carbocycles. The summed E-state index contributed by atoms with van der Waals surface area (Å²) in [5.74, 6) is 0. The van der Waals surface area contributed by atoms with Gasteiger partial charge in [-0.2, -0.15) is 4.98 Å². The molecule has 17 heavy (non-hydrogen) atoms. The number of rotatable bonds is 4. The van der Waals surface area contributed by atoms with Crippen LogP contribution in [-0.2, 0) is 0 Å².